The molecule has 2 aromatic heterocycles. The number of ether oxygens (including phenoxy) is 1. The molecule has 1 aliphatic rings. The number of hydrogen-bond acceptors (Lipinski definition) is 4. The Morgan fingerprint density at radius 1 is 0.494 bits per heavy atom. The lowest BCUT2D eigenvalue weighted by Gasteiger charge is -2.31. The predicted molar refractivity (Wildman–Crippen MR) is 314 cm³/mol. The van der Waals surface area contributed by atoms with Crippen LogP contribution in [0, 0.1) is 36.0 Å². The second-order valence-corrected chi connectivity index (χ2v) is 23.6. The first-order valence-electron chi connectivity index (χ1n) is 27.0. The molecular formula is C69H63F5N4O. The van der Waals surface area contributed by atoms with Crippen LogP contribution in [0.15, 0.2) is 158 Å². The van der Waals surface area contributed by atoms with E-state index in [0.717, 1.165) is 77.9 Å². The van der Waals surface area contributed by atoms with Gasteiger partial charge in [0.1, 0.15) is 24.0 Å². The second kappa shape index (κ2) is 19.9. The molecule has 10 heteroatoms. The zero-order chi connectivity index (χ0) is 56.0. The summed E-state index contributed by atoms with van der Waals surface area (Å²) in [5.41, 5.74) is 10.7. The molecule has 0 aliphatic carbocycles. The van der Waals surface area contributed by atoms with Gasteiger partial charge in [-0.2, -0.15) is 0 Å². The molecule has 0 amide bonds. The highest BCUT2D eigenvalue weighted by Gasteiger charge is 2.37. The van der Waals surface area contributed by atoms with E-state index in [-0.39, 0.29) is 29.5 Å². The molecule has 0 spiro atoms. The second-order valence-electron chi connectivity index (χ2n) is 23.6. The lowest BCUT2D eigenvalue weighted by molar-refractivity contribution is 0.381. The molecule has 3 heterocycles. The summed E-state index contributed by atoms with van der Waals surface area (Å²) in [7, 11) is 0. The van der Waals surface area contributed by atoms with Crippen molar-refractivity contribution in [2.45, 2.75) is 98.8 Å². The molecule has 0 radical (unpaired) electrons. The maximum absolute atomic E-state index is 16.7. The van der Waals surface area contributed by atoms with Crippen molar-refractivity contribution in [3.8, 4) is 50.7 Å². The molecule has 0 saturated heterocycles. The lowest BCUT2D eigenvalue weighted by Crippen LogP contribution is -2.25. The van der Waals surface area contributed by atoms with Crippen molar-refractivity contribution in [2.24, 2.45) is 0 Å². The van der Waals surface area contributed by atoms with Gasteiger partial charge in [0.2, 0.25) is 5.82 Å². The van der Waals surface area contributed by atoms with Gasteiger partial charge in [0.25, 0.3) is 0 Å². The molecule has 8 aromatic carbocycles. The monoisotopic (exact) mass is 1060 g/mol. The van der Waals surface area contributed by atoms with Crippen LogP contribution < -0.4 is 14.5 Å². The third kappa shape index (κ3) is 9.49. The van der Waals surface area contributed by atoms with Crippen molar-refractivity contribution in [1.82, 2.24) is 9.55 Å². The number of halogens is 5. The highest BCUT2D eigenvalue weighted by Crippen LogP contribution is 2.54. The van der Waals surface area contributed by atoms with E-state index in [2.05, 4.69) is 138 Å². The van der Waals surface area contributed by atoms with Crippen LogP contribution in [-0.2, 0) is 10.8 Å². The molecule has 0 unspecified atom stereocenters. The topological polar surface area (TPSA) is 33.5 Å². The van der Waals surface area contributed by atoms with Crippen LogP contribution in [0.3, 0.4) is 0 Å². The molecule has 0 fully saturated rings. The van der Waals surface area contributed by atoms with Gasteiger partial charge >= 0.3 is 0 Å². The van der Waals surface area contributed by atoms with Crippen molar-refractivity contribution in [3.63, 3.8) is 0 Å². The van der Waals surface area contributed by atoms with Crippen LogP contribution >= 0.6 is 0 Å². The van der Waals surface area contributed by atoms with E-state index in [1.165, 1.54) is 0 Å². The summed E-state index contributed by atoms with van der Waals surface area (Å²) >= 11 is 0. The van der Waals surface area contributed by atoms with Crippen LogP contribution in [0.1, 0.15) is 109 Å². The zero-order valence-electron chi connectivity index (χ0n) is 46.5. The molecule has 11 rings (SSSR count). The first kappa shape index (κ1) is 52.8. The summed E-state index contributed by atoms with van der Waals surface area (Å²) in [6.07, 6.45) is 1.86. The van der Waals surface area contributed by atoms with Crippen LogP contribution in [0.2, 0.25) is 0 Å². The van der Waals surface area contributed by atoms with Crippen molar-refractivity contribution in [1.29, 1.82) is 0 Å². The van der Waals surface area contributed by atoms with Gasteiger partial charge in [-0.1, -0.05) is 142 Å². The average molecular weight is 1060 g/mol. The fraction of sp³-hybridized carbons (Fsp3) is 0.232. The predicted octanol–water partition coefficient (Wildman–Crippen LogP) is 20.1. The molecule has 0 N–H and O–H groups in total. The van der Waals surface area contributed by atoms with E-state index in [1.54, 1.807) is 6.07 Å². The van der Waals surface area contributed by atoms with Crippen molar-refractivity contribution < 1.29 is 26.7 Å². The molecule has 0 bridgehead atoms. The molecule has 79 heavy (non-hydrogen) atoms. The number of pyridine rings is 1. The summed E-state index contributed by atoms with van der Waals surface area (Å²) in [4.78, 5) is 8.94. The van der Waals surface area contributed by atoms with Crippen LogP contribution in [-0.4, -0.2) is 16.2 Å². The first-order valence-corrected chi connectivity index (χ1v) is 27.0. The summed E-state index contributed by atoms with van der Waals surface area (Å²) in [5, 5.41) is 2.13. The van der Waals surface area contributed by atoms with Crippen LogP contribution in [0.4, 0.5) is 44.7 Å². The summed E-state index contributed by atoms with van der Waals surface area (Å²) in [6.45, 7) is 23.0. The van der Waals surface area contributed by atoms with E-state index in [4.69, 9.17) is 9.72 Å². The maximum Gasteiger partial charge on any atom is 0.200 e. The Hall–Kier alpha value is -8.24. The number of hydrogen-bond donors (Lipinski definition) is 0. The SMILES string of the molecule is Cc1ccccc1-c1cc(Oc2ccc3c4ccccc4n(-c4cc(C(C)(C)C)ccn4)c3c2)cc(N2CN(c3c(-c4cc(C(C)C)cc(C(C)C)c4)cc(C(C)(C)C)cc3-c3c(F)c(F)c(F)c(F)c3F)c3ccccc32)c1. The van der Waals surface area contributed by atoms with E-state index < -0.39 is 40.1 Å². The molecule has 400 valence electrons. The van der Waals surface area contributed by atoms with Gasteiger partial charge in [-0.05, 0) is 141 Å². The minimum Gasteiger partial charge on any atom is -0.457 e. The molecule has 5 nitrogen and oxygen atoms in total. The smallest absolute Gasteiger partial charge is 0.200 e. The molecule has 1 aliphatic heterocycles. The van der Waals surface area contributed by atoms with E-state index in [1.807, 2.05) is 105 Å². The number of aromatic nitrogens is 2. The third-order valence-corrected chi connectivity index (χ3v) is 15.5. The van der Waals surface area contributed by atoms with Gasteiger partial charge in [-0.3, -0.25) is 4.57 Å². The number of benzene rings is 8. The fourth-order valence-electron chi connectivity index (χ4n) is 11.0. The Kier molecular flexibility index (Phi) is 13.3. The van der Waals surface area contributed by atoms with Crippen molar-refractivity contribution in [2.75, 3.05) is 16.5 Å². The normalized spacial score (nSPS) is 12.9. The molecule has 0 saturated carbocycles. The largest absolute Gasteiger partial charge is 0.457 e. The number of para-hydroxylation sites is 3. The molecule has 0 atom stereocenters. The van der Waals surface area contributed by atoms with Gasteiger partial charge in [-0.25, -0.2) is 26.9 Å². The zero-order valence-corrected chi connectivity index (χ0v) is 46.5. The average Bonchev–Trinajstić information content (AvgIpc) is 4.08. The van der Waals surface area contributed by atoms with Gasteiger partial charge < -0.3 is 14.5 Å². The van der Waals surface area contributed by atoms with Gasteiger partial charge in [0.15, 0.2) is 23.3 Å². The Labute approximate surface area is 459 Å². The van der Waals surface area contributed by atoms with Gasteiger partial charge in [0, 0.05) is 45.9 Å². The fourth-order valence-corrected chi connectivity index (χ4v) is 11.0. The Morgan fingerprint density at radius 2 is 1.08 bits per heavy atom. The number of rotatable bonds is 10. The first-order chi connectivity index (χ1) is 37.6. The standard InChI is InChI=1S/C69H63F5N4O/c1-39(2)42-28-43(40(3)4)30-44(29-42)54-33-47(69(9,10)11)34-55(61-62(70)64(72)66(74)65(73)63(61)71)67(54)77-38-76(57-22-16-17-23-58(57)77)48-31-45(51-19-13-12-18-41(51)5)32-50(36-48)79-49-24-25-53-52-20-14-15-21-56(52)78(59(53)37-49)60-35-46(26-27-75-60)68(6,7)8/h12-37,39-40H,38H2,1-11H3. The van der Waals surface area contributed by atoms with Gasteiger partial charge in [0.05, 0.1) is 33.7 Å². The Bertz CT molecular complexity index is 3990. The number of nitrogens with zero attached hydrogens (tertiary/aromatic N) is 4. The molecular weight excluding hydrogens is 996 g/mol. The highest BCUT2D eigenvalue weighted by molar-refractivity contribution is 6.09. The lowest BCUT2D eigenvalue weighted by atomic mass is 9.81. The Balaban J connectivity index is 1.12. The van der Waals surface area contributed by atoms with Crippen LogP contribution in [0.25, 0.3) is 61.0 Å². The van der Waals surface area contributed by atoms with E-state index >= 15 is 17.6 Å². The summed E-state index contributed by atoms with van der Waals surface area (Å²) in [6, 6.07) is 50.5. The maximum atomic E-state index is 16.7. The number of fused-ring (bicyclic) bond motifs is 4. The number of aryl methyl sites for hydroxylation is 1. The summed E-state index contributed by atoms with van der Waals surface area (Å²) in [5.74, 6) is -7.89. The van der Waals surface area contributed by atoms with E-state index in [9.17, 15) is 4.39 Å². The quantitative estimate of drug-likeness (QED) is 0.0776. The van der Waals surface area contributed by atoms with Crippen LogP contribution in [0.5, 0.6) is 11.5 Å². The summed E-state index contributed by atoms with van der Waals surface area (Å²) < 4.78 is 88.9. The third-order valence-electron chi connectivity index (χ3n) is 15.5. The highest BCUT2D eigenvalue weighted by atomic mass is 19.2. The van der Waals surface area contributed by atoms with E-state index in [0.29, 0.717) is 34.0 Å². The van der Waals surface area contributed by atoms with Gasteiger partial charge in [-0.15, -0.1) is 0 Å². The molecule has 10 aromatic rings. The van der Waals surface area contributed by atoms with Crippen molar-refractivity contribution >= 4 is 44.6 Å². The minimum atomic E-state index is -2.21. The minimum absolute atomic E-state index is 0.0773. The Morgan fingerprint density at radius 3 is 1.73 bits per heavy atom. The van der Waals surface area contributed by atoms with Crippen molar-refractivity contribution in [3.05, 3.63) is 215 Å². The number of anilines is 4.